The van der Waals surface area contributed by atoms with Gasteiger partial charge in [-0.1, -0.05) is 261 Å². The number of nitrogens with zero attached hydrogens (tertiary/aromatic N) is 1. The minimum absolute atomic E-state index is 0.310. The highest BCUT2D eigenvalue weighted by atomic mass is 16.2. The zero-order valence-corrected chi connectivity index (χ0v) is 47.7. The van der Waals surface area contributed by atoms with E-state index in [2.05, 4.69) is 206 Å². The van der Waals surface area contributed by atoms with Gasteiger partial charge in [-0.25, -0.2) is 4.90 Å². The van der Waals surface area contributed by atoms with Crippen molar-refractivity contribution in [2.45, 2.75) is 0 Å². The lowest BCUT2D eigenvalue weighted by atomic mass is 9.79. The van der Waals surface area contributed by atoms with E-state index in [9.17, 15) is 0 Å². The average Bonchev–Trinajstić information content (AvgIpc) is 1.79. The maximum Gasteiger partial charge on any atom is 0.266 e. The van der Waals surface area contributed by atoms with E-state index in [0.29, 0.717) is 16.8 Å². The normalized spacial score (nSPS) is 13.2. The van der Waals surface area contributed by atoms with Crippen molar-refractivity contribution in [2.24, 2.45) is 0 Å². The van der Waals surface area contributed by atoms with Crippen molar-refractivity contribution in [3.63, 3.8) is 0 Å². The van der Waals surface area contributed by atoms with Gasteiger partial charge < -0.3 is 0 Å². The van der Waals surface area contributed by atoms with E-state index >= 15 is 9.59 Å². The second-order valence-electron chi connectivity index (χ2n) is 24.6. The molecule has 2 aliphatic carbocycles. The van der Waals surface area contributed by atoms with Gasteiger partial charge in [-0.2, -0.15) is 0 Å². The van der Waals surface area contributed by atoms with Gasteiger partial charge in [-0.15, -0.1) is 0 Å². The number of para-hydroxylation sites is 1. The summed E-state index contributed by atoms with van der Waals surface area (Å²) in [5.74, 6) is -0.620. The minimum atomic E-state index is -0.310. The predicted octanol–water partition coefficient (Wildman–Crippen LogP) is 22.9. The summed E-state index contributed by atoms with van der Waals surface area (Å²) < 4.78 is 0. The van der Waals surface area contributed by atoms with Crippen molar-refractivity contribution in [3.8, 4) is 89.0 Å². The first kappa shape index (κ1) is 47.5. The zero-order chi connectivity index (χ0) is 58.1. The summed E-state index contributed by atoms with van der Waals surface area (Å²) in [6.45, 7) is 0. The summed E-state index contributed by atoms with van der Waals surface area (Å²) in [6.07, 6.45) is 0. The smallest absolute Gasteiger partial charge is 0.266 e. The predicted molar refractivity (Wildman–Crippen MR) is 372 cm³/mol. The Morgan fingerprint density at radius 3 is 0.730 bits per heavy atom. The van der Waals surface area contributed by atoms with Gasteiger partial charge in [-0.3, -0.25) is 9.59 Å². The highest BCUT2D eigenvalue weighted by Crippen LogP contribution is 2.64. The van der Waals surface area contributed by atoms with Gasteiger partial charge in [0, 0.05) is 11.1 Å². The Kier molecular flexibility index (Phi) is 9.07. The molecular formula is C86H45NO2. The first-order valence-corrected chi connectivity index (χ1v) is 30.8. The first-order chi connectivity index (χ1) is 44.1. The number of carbonyl (C=O) groups is 2. The molecule has 1 heterocycles. The van der Waals surface area contributed by atoms with Crippen molar-refractivity contribution < 1.29 is 9.59 Å². The van der Waals surface area contributed by atoms with E-state index < -0.39 is 0 Å². The van der Waals surface area contributed by atoms with Crippen LogP contribution in [-0.4, -0.2) is 11.8 Å². The van der Waals surface area contributed by atoms with Gasteiger partial charge in [0.05, 0.1) is 16.8 Å². The molecule has 406 valence electrons. The minimum Gasteiger partial charge on any atom is -0.268 e. The van der Waals surface area contributed by atoms with Crippen LogP contribution in [0, 0.1) is 0 Å². The van der Waals surface area contributed by atoms with Gasteiger partial charge >= 0.3 is 0 Å². The number of anilines is 1. The summed E-state index contributed by atoms with van der Waals surface area (Å²) in [5.41, 5.74) is 19.1. The third kappa shape index (κ3) is 5.84. The molecule has 0 fully saturated rings. The van der Waals surface area contributed by atoms with Gasteiger partial charge in [0.25, 0.3) is 11.8 Å². The molecule has 0 radical (unpaired) electrons. The van der Waals surface area contributed by atoms with Crippen LogP contribution in [-0.2, 0) is 0 Å². The summed E-state index contributed by atoms with van der Waals surface area (Å²) in [7, 11) is 0. The van der Waals surface area contributed by atoms with E-state index in [0.717, 1.165) is 49.9 Å². The second-order valence-corrected chi connectivity index (χ2v) is 24.6. The second kappa shape index (κ2) is 17.0. The third-order valence-corrected chi connectivity index (χ3v) is 20.5. The van der Waals surface area contributed by atoms with Crippen LogP contribution in [0.5, 0.6) is 0 Å². The summed E-state index contributed by atoms with van der Waals surface area (Å²) in [4.78, 5) is 32.1. The molecular weight excluding hydrogens is 1080 g/mol. The molecule has 0 saturated carbocycles. The SMILES string of the molecule is O=C1c2c(c(-c3ccccc3)c3c(c2-c2ccccc2)-c2ccc4c5ccc6c7ccc8c9c(ccc(c%10ccc(c%11ccc-3c2c4%11)c5c6%10)c97)-c2c-8c(-c3ccccc3)c3c4ccccc4c4ccccc4c3c2-c2ccccc2)C(=O)N1c1ccccc1. The lowest BCUT2D eigenvalue weighted by molar-refractivity contribution is 0.0926. The number of fused-ring (bicyclic) bond motifs is 17. The average molecular weight is 1120 g/mol. The van der Waals surface area contributed by atoms with Crippen LogP contribution < -0.4 is 4.90 Å². The molecule has 3 heteroatoms. The summed E-state index contributed by atoms with van der Waals surface area (Å²) in [5, 5.41) is 24.9. The lowest BCUT2D eigenvalue weighted by Crippen LogP contribution is -2.29. The summed E-state index contributed by atoms with van der Waals surface area (Å²) >= 11 is 0. The fourth-order valence-electron chi connectivity index (χ4n) is 17.2. The highest BCUT2D eigenvalue weighted by Gasteiger charge is 2.46. The van der Waals surface area contributed by atoms with Crippen molar-refractivity contribution in [3.05, 3.63) is 284 Å². The van der Waals surface area contributed by atoms with Crippen molar-refractivity contribution in [2.75, 3.05) is 4.90 Å². The number of rotatable bonds is 5. The first-order valence-electron chi connectivity index (χ1n) is 30.8. The Morgan fingerprint density at radius 1 is 0.169 bits per heavy atom. The fourth-order valence-corrected chi connectivity index (χ4v) is 17.2. The van der Waals surface area contributed by atoms with Crippen LogP contribution >= 0.6 is 0 Å². The molecule has 18 aromatic rings. The molecule has 0 N–H and O–H groups in total. The number of hydrogen-bond donors (Lipinski definition) is 0. The molecule has 0 spiro atoms. The monoisotopic (exact) mass is 1120 g/mol. The molecule has 3 nitrogen and oxygen atoms in total. The van der Waals surface area contributed by atoms with Gasteiger partial charge in [0.2, 0.25) is 0 Å². The Morgan fingerprint density at radius 2 is 0.404 bits per heavy atom. The van der Waals surface area contributed by atoms with Crippen LogP contribution in [0.15, 0.2) is 273 Å². The molecule has 0 unspecified atom stereocenters. The molecule has 3 aliphatic rings. The molecule has 18 aromatic carbocycles. The molecule has 1 aliphatic heterocycles. The van der Waals surface area contributed by atoms with Crippen LogP contribution in [0.2, 0.25) is 0 Å². The van der Waals surface area contributed by atoms with Gasteiger partial charge in [-0.05, 0) is 198 Å². The zero-order valence-electron chi connectivity index (χ0n) is 47.7. The van der Waals surface area contributed by atoms with E-state index in [-0.39, 0.29) is 11.8 Å². The number of carbonyl (C=O) groups excluding carboxylic acids is 2. The van der Waals surface area contributed by atoms with Crippen molar-refractivity contribution in [1.29, 1.82) is 0 Å². The van der Waals surface area contributed by atoms with Crippen LogP contribution in [0.3, 0.4) is 0 Å². The number of benzene rings is 18. The molecule has 0 atom stereocenters. The summed E-state index contributed by atoms with van der Waals surface area (Å²) in [6, 6.07) is 98.8. The number of amides is 2. The molecule has 89 heavy (non-hydrogen) atoms. The Balaban J connectivity index is 0.850. The number of imide groups is 1. The van der Waals surface area contributed by atoms with E-state index in [4.69, 9.17) is 0 Å². The molecule has 0 bridgehead atoms. The van der Waals surface area contributed by atoms with E-state index in [1.807, 2.05) is 66.7 Å². The quantitative estimate of drug-likeness (QED) is 0.0978. The lowest BCUT2D eigenvalue weighted by Gasteiger charge is -2.23. The van der Waals surface area contributed by atoms with E-state index in [1.165, 1.54) is 152 Å². The Hall–Kier alpha value is -11.8. The molecule has 21 rings (SSSR count). The van der Waals surface area contributed by atoms with Gasteiger partial charge in [0.1, 0.15) is 0 Å². The topological polar surface area (TPSA) is 37.4 Å². The highest BCUT2D eigenvalue weighted by molar-refractivity contribution is 6.48. The Bertz CT molecular complexity index is 5920. The maximum atomic E-state index is 15.4. The van der Waals surface area contributed by atoms with E-state index in [1.54, 1.807) is 0 Å². The van der Waals surface area contributed by atoms with Gasteiger partial charge in [0.15, 0.2) is 0 Å². The largest absolute Gasteiger partial charge is 0.268 e. The maximum absolute atomic E-state index is 15.4. The van der Waals surface area contributed by atoms with Crippen molar-refractivity contribution in [1.82, 2.24) is 0 Å². The standard InChI is InChI=1S/C86H45NO2/c88-85-83-69(48-24-10-3-11-25-48)81-65-44-40-61-57-36-34-55-59-38-42-63-75-64(80-68(47-22-8-2-9-23-47)78-54-33-19-17-31-52(54)51-30-16-18-32-53(51)77(78)67(79(63)80)46-20-6-1-7-21-46)43-39-60(73(59)75)56-35-37-58(72(57)71(55)56)62-41-45-66(76(65)74(61)62)82(81)70(49-26-12-4-13-27-49)84(83)86(89)87(85)50-28-14-5-15-29-50/h1-45H. The Labute approximate surface area is 509 Å². The van der Waals surface area contributed by atoms with Crippen LogP contribution in [0.4, 0.5) is 5.69 Å². The molecule has 0 aromatic heterocycles. The van der Waals surface area contributed by atoms with Crippen molar-refractivity contribution >= 4 is 125 Å². The fraction of sp³-hybridized carbons (Fsp3) is 0. The molecule has 0 saturated heterocycles. The number of hydrogen-bond acceptors (Lipinski definition) is 2. The molecule has 2 amide bonds. The van der Waals surface area contributed by atoms with Crippen LogP contribution in [0.25, 0.3) is 197 Å². The van der Waals surface area contributed by atoms with Crippen LogP contribution in [0.1, 0.15) is 20.7 Å². The third-order valence-electron chi connectivity index (χ3n) is 20.5.